The molecule has 1 unspecified atom stereocenters. The number of halogens is 1. The van der Waals surface area contributed by atoms with Gasteiger partial charge in [0.25, 0.3) is 11.5 Å². The molecule has 1 aromatic heterocycles. The number of amides is 1. The van der Waals surface area contributed by atoms with Gasteiger partial charge < -0.3 is 4.90 Å². The van der Waals surface area contributed by atoms with Gasteiger partial charge in [-0.25, -0.2) is 4.98 Å². The van der Waals surface area contributed by atoms with Crippen molar-refractivity contribution in [2.45, 2.75) is 33.2 Å². The van der Waals surface area contributed by atoms with Crippen molar-refractivity contribution in [3.63, 3.8) is 0 Å². The number of benzene rings is 3. The van der Waals surface area contributed by atoms with Crippen LogP contribution in [-0.2, 0) is 0 Å². The standard InChI is InChI=1S/C27H26ClN3O2/c1-4-24(30(5-2)26(32)21-14-7-6-11-18(21)3)25-29-23-16-9-8-15-22(23)27(33)31(25)20-13-10-12-19(28)17-20/h6-17,24H,4-5H2,1-3H3. The Morgan fingerprint density at radius 1 is 1.03 bits per heavy atom. The number of hydrogen-bond acceptors (Lipinski definition) is 3. The molecule has 1 heterocycles. The van der Waals surface area contributed by atoms with E-state index in [0.717, 1.165) is 5.56 Å². The van der Waals surface area contributed by atoms with Crippen LogP contribution in [-0.4, -0.2) is 26.9 Å². The summed E-state index contributed by atoms with van der Waals surface area (Å²) in [6.45, 7) is 6.35. The molecule has 0 aliphatic heterocycles. The van der Waals surface area contributed by atoms with E-state index >= 15 is 0 Å². The fourth-order valence-electron chi connectivity index (χ4n) is 4.25. The Hall–Kier alpha value is -3.44. The fourth-order valence-corrected chi connectivity index (χ4v) is 4.44. The highest BCUT2D eigenvalue weighted by molar-refractivity contribution is 6.30. The molecule has 33 heavy (non-hydrogen) atoms. The minimum Gasteiger partial charge on any atom is -0.329 e. The molecule has 0 fully saturated rings. The van der Waals surface area contributed by atoms with Gasteiger partial charge in [0.1, 0.15) is 5.82 Å². The third-order valence-corrected chi connectivity index (χ3v) is 6.14. The quantitative estimate of drug-likeness (QED) is 0.357. The molecule has 0 bridgehead atoms. The van der Waals surface area contributed by atoms with E-state index < -0.39 is 6.04 Å². The molecular weight excluding hydrogens is 434 g/mol. The zero-order valence-corrected chi connectivity index (χ0v) is 19.7. The van der Waals surface area contributed by atoms with Gasteiger partial charge in [-0.15, -0.1) is 0 Å². The highest BCUT2D eigenvalue weighted by atomic mass is 35.5. The van der Waals surface area contributed by atoms with Gasteiger partial charge in [0.05, 0.1) is 22.6 Å². The molecule has 4 aromatic rings. The van der Waals surface area contributed by atoms with Gasteiger partial charge in [-0.3, -0.25) is 14.2 Å². The van der Waals surface area contributed by atoms with Crippen LogP contribution in [0.1, 0.15) is 48.1 Å². The van der Waals surface area contributed by atoms with Gasteiger partial charge in [0.15, 0.2) is 0 Å². The van der Waals surface area contributed by atoms with E-state index in [1.165, 1.54) is 0 Å². The number of nitrogens with zero attached hydrogens (tertiary/aromatic N) is 3. The van der Waals surface area contributed by atoms with E-state index in [1.54, 1.807) is 33.7 Å². The average molecular weight is 460 g/mol. The lowest BCUT2D eigenvalue weighted by molar-refractivity contribution is 0.0671. The number of carbonyl (C=O) groups excluding carboxylic acids is 1. The summed E-state index contributed by atoms with van der Waals surface area (Å²) in [5.74, 6) is 0.440. The number of aromatic nitrogens is 2. The minimum atomic E-state index is -0.404. The van der Waals surface area contributed by atoms with Crippen molar-refractivity contribution >= 4 is 28.4 Å². The summed E-state index contributed by atoms with van der Waals surface area (Å²) >= 11 is 6.27. The van der Waals surface area contributed by atoms with Crippen LogP contribution in [0.3, 0.4) is 0 Å². The largest absolute Gasteiger partial charge is 0.329 e. The Balaban J connectivity index is 1.96. The molecular formula is C27H26ClN3O2. The zero-order valence-electron chi connectivity index (χ0n) is 19.0. The minimum absolute atomic E-state index is 0.0810. The summed E-state index contributed by atoms with van der Waals surface area (Å²) in [4.78, 5) is 34.0. The Kier molecular flexibility index (Phi) is 6.61. The lowest BCUT2D eigenvalue weighted by Crippen LogP contribution is -2.38. The van der Waals surface area contributed by atoms with Crippen molar-refractivity contribution in [3.8, 4) is 5.69 Å². The van der Waals surface area contributed by atoms with E-state index in [2.05, 4.69) is 0 Å². The second-order valence-corrected chi connectivity index (χ2v) is 8.37. The highest BCUT2D eigenvalue weighted by Crippen LogP contribution is 2.28. The SMILES string of the molecule is CCC(c1nc2ccccc2c(=O)n1-c1cccc(Cl)c1)N(CC)C(=O)c1ccccc1C. The number of fused-ring (bicyclic) bond motifs is 1. The maximum Gasteiger partial charge on any atom is 0.266 e. The first-order valence-electron chi connectivity index (χ1n) is 11.1. The summed E-state index contributed by atoms with van der Waals surface area (Å²) in [7, 11) is 0. The number of para-hydroxylation sites is 1. The number of carbonyl (C=O) groups is 1. The molecule has 0 aliphatic rings. The maximum atomic E-state index is 13.7. The number of aryl methyl sites for hydroxylation is 1. The van der Waals surface area contributed by atoms with Crippen molar-refractivity contribution in [1.29, 1.82) is 0 Å². The first-order chi connectivity index (χ1) is 16.0. The average Bonchev–Trinajstić information content (AvgIpc) is 2.82. The van der Waals surface area contributed by atoms with Crippen LogP contribution in [0.25, 0.3) is 16.6 Å². The molecule has 0 saturated heterocycles. The molecule has 0 saturated carbocycles. The summed E-state index contributed by atoms with van der Waals surface area (Å²) in [6, 6.07) is 21.6. The van der Waals surface area contributed by atoms with Crippen molar-refractivity contribution in [1.82, 2.24) is 14.5 Å². The van der Waals surface area contributed by atoms with Crippen LogP contribution in [0, 0.1) is 6.92 Å². The smallest absolute Gasteiger partial charge is 0.266 e. The van der Waals surface area contributed by atoms with E-state index in [0.29, 0.717) is 46.0 Å². The van der Waals surface area contributed by atoms with Crippen molar-refractivity contribution in [3.05, 3.63) is 105 Å². The molecule has 6 heteroatoms. The molecule has 5 nitrogen and oxygen atoms in total. The number of rotatable bonds is 6. The van der Waals surface area contributed by atoms with E-state index in [-0.39, 0.29) is 11.5 Å². The first-order valence-corrected chi connectivity index (χ1v) is 11.5. The van der Waals surface area contributed by atoms with E-state index in [9.17, 15) is 9.59 Å². The molecule has 4 rings (SSSR count). The monoisotopic (exact) mass is 459 g/mol. The predicted octanol–water partition coefficient (Wildman–Crippen LogP) is 5.96. The second kappa shape index (κ2) is 9.59. The van der Waals surface area contributed by atoms with Gasteiger partial charge in [-0.2, -0.15) is 0 Å². The Bertz CT molecular complexity index is 1380. The van der Waals surface area contributed by atoms with Crippen molar-refractivity contribution in [2.24, 2.45) is 0 Å². The topological polar surface area (TPSA) is 55.2 Å². The molecule has 0 aliphatic carbocycles. The van der Waals surface area contributed by atoms with Crippen LogP contribution >= 0.6 is 11.6 Å². The molecule has 1 amide bonds. The van der Waals surface area contributed by atoms with Gasteiger partial charge >= 0.3 is 0 Å². The Morgan fingerprint density at radius 3 is 2.45 bits per heavy atom. The summed E-state index contributed by atoms with van der Waals surface area (Å²) in [6.07, 6.45) is 0.594. The second-order valence-electron chi connectivity index (χ2n) is 7.94. The summed E-state index contributed by atoms with van der Waals surface area (Å²) in [5.41, 5.74) is 2.60. The molecule has 0 radical (unpaired) electrons. The predicted molar refractivity (Wildman–Crippen MR) is 133 cm³/mol. The molecule has 168 valence electrons. The molecule has 0 N–H and O–H groups in total. The van der Waals surface area contributed by atoms with Crippen LogP contribution in [0.5, 0.6) is 0 Å². The van der Waals surface area contributed by atoms with Crippen LogP contribution < -0.4 is 5.56 Å². The lowest BCUT2D eigenvalue weighted by Gasteiger charge is -2.32. The maximum absolute atomic E-state index is 13.7. The van der Waals surface area contributed by atoms with Crippen LogP contribution in [0.15, 0.2) is 77.6 Å². The third kappa shape index (κ3) is 4.29. The Morgan fingerprint density at radius 2 is 1.76 bits per heavy atom. The lowest BCUT2D eigenvalue weighted by atomic mass is 10.0. The zero-order chi connectivity index (χ0) is 23.5. The van der Waals surface area contributed by atoms with Crippen LogP contribution in [0.4, 0.5) is 0 Å². The molecule has 1 atom stereocenters. The molecule has 0 spiro atoms. The molecule has 3 aromatic carbocycles. The number of hydrogen-bond donors (Lipinski definition) is 0. The van der Waals surface area contributed by atoms with E-state index in [4.69, 9.17) is 16.6 Å². The summed E-state index contributed by atoms with van der Waals surface area (Å²) in [5, 5.41) is 1.04. The van der Waals surface area contributed by atoms with Crippen molar-refractivity contribution in [2.75, 3.05) is 6.54 Å². The highest BCUT2D eigenvalue weighted by Gasteiger charge is 2.29. The first kappa shape index (κ1) is 22.7. The van der Waals surface area contributed by atoms with E-state index in [1.807, 2.05) is 69.3 Å². The van der Waals surface area contributed by atoms with Gasteiger partial charge in [-0.1, -0.05) is 54.9 Å². The van der Waals surface area contributed by atoms with Crippen LogP contribution in [0.2, 0.25) is 5.02 Å². The fraction of sp³-hybridized carbons (Fsp3) is 0.222. The van der Waals surface area contributed by atoms with Gasteiger partial charge in [-0.05, 0) is 62.2 Å². The Labute approximate surface area is 198 Å². The normalized spacial score (nSPS) is 12.0. The third-order valence-electron chi connectivity index (χ3n) is 5.91. The van der Waals surface area contributed by atoms with Gasteiger partial charge in [0.2, 0.25) is 0 Å². The van der Waals surface area contributed by atoms with Gasteiger partial charge in [0, 0.05) is 17.1 Å². The van der Waals surface area contributed by atoms with Crippen molar-refractivity contribution < 1.29 is 4.79 Å². The summed E-state index contributed by atoms with van der Waals surface area (Å²) < 4.78 is 1.59.